The summed E-state index contributed by atoms with van der Waals surface area (Å²) in [6, 6.07) is 13.4. The highest BCUT2D eigenvalue weighted by molar-refractivity contribution is 6.32. The van der Waals surface area contributed by atoms with E-state index in [-0.39, 0.29) is 5.84 Å². The van der Waals surface area contributed by atoms with Crippen LogP contribution in [-0.2, 0) is 0 Å². The highest BCUT2D eigenvalue weighted by Gasteiger charge is 2.18. The summed E-state index contributed by atoms with van der Waals surface area (Å²) < 4.78 is 0. The van der Waals surface area contributed by atoms with Crippen molar-refractivity contribution in [3.63, 3.8) is 0 Å². The van der Waals surface area contributed by atoms with Crippen LogP contribution in [-0.4, -0.2) is 43.5 Å². The van der Waals surface area contributed by atoms with E-state index in [9.17, 15) is 0 Å². The first kappa shape index (κ1) is 22.7. The molecule has 6 heteroatoms. The van der Waals surface area contributed by atoms with Gasteiger partial charge in [-0.3, -0.25) is 10.3 Å². The highest BCUT2D eigenvalue weighted by atomic mass is 35.5. The van der Waals surface area contributed by atoms with Crippen LogP contribution in [0.1, 0.15) is 25.8 Å². The smallest absolute Gasteiger partial charge is 0.122 e. The number of anilines is 2. The second-order valence-corrected chi connectivity index (χ2v) is 8.73. The Morgan fingerprint density at radius 2 is 1.80 bits per heavy atom. The Bertz CT molecular complexity index is 871. The molecule has 1 unspecified atom stereocenters. The van der Waals surface area contributed by atoms with Crippen molar-refractivity contribution in [1.82, 2.24) is 4.90 Å². The van der Waals surface area contributed by atoms with Crippen molar-refractivity contribution in [2.24, 2.45) is 5.92 Å². The van der Waals surface area contributed by atoms with Gasteiger partial charge in [0.05, 0.1) is 0 Å². The normalized spacial score (nSPS) is 16.1. The molecule has 0 bridgehead atoms. The number of amidine groups is 1. The van der Waals surface area contributed by atoms with E-state index in [1.54, 1.807) is 18.2 Å². The Hall–Kier alpha value is -2.01. The van der Waals surface area contributed by atoms with Crippen molar-refractivity contribution in [2.45, 2.75) is 20.3 Å². The van der Waals surface area contributed by atoms with Crippen molar-refractivity contribution in [1.29, 1.82) is 5.41 Å². The monoisotopic (exact) mass is 444 g/mol. The molecule has 3 rings (SSSR count). The lowest BCUT2D eigenvalue weighted by Crippen LogP contribution is -2.47. The molecule has 0 aromatic heterocycles. The number of benzene rings is 2. The van der Waals surface area contributed by atoms with E-state index in [0.29, 0.717) is 10.0 Å². The fraction of sp³-hybridized carbons (Fsp3) is 0.375. The Morgan fingerprint density at radius 3 is 2.43 bits per heavy atom. The third-order valence-electron chi connectivity index (χ3n) is 5.54. The van der Waals surface area contributed by atoms with Crippen LogP contribution in [0.5, 0.6) is 0 Å². The van der Waals surface area contributed by atoms with E-state index in [0.717, 1.165) is 49.0 Å². The molecule has 4 nitrogen and oxygen atoms in total. The van der Waals surface area contributed by atoms with Crippen LogP contribution in [0.4, 0.5) is 11.4 Å². The first-order valence-electron chi connectivity index (χ1n) is 10.5. The first-order chi connectivity index (χ1) is 14.4. The predicted molar refractivity (Wildman–Crippen MR) is 131 cm³/mol. The fourth-order valence-corrected chi connectivity index (χ4v) is 3.87. The lowest BCUT2D eigenvalue weighted by molar-refractivity contribution is 0.222. The van der Waals surface area contributed by atoms with Gasteiger partial charge in [-0.2, -0.15) is 0 Å². The maximum Gasteiger partial charge on any atom is 0.122 e. The third-order valence-corrected chi connectivity index (χ3v) is 6.12. The summed E-state index contributed by atoms with van der Waals surface area (Å²) in [6.07, 6.45) is 4.81. The number of halogens is 2. The summed E-state index contributed by atoms with van der Waals surface area (Å²) in [5, 5.41) is 12.5. The molecule has 160 valence electrons. The second kappa shape index (κ2) is 10.9. The van der Waals surface area contributed by atoms with Gasteiger partial charge >= 0.3 is 0 Å². The van der Waals surface area contributed by atoms with Crippen LogP contribution in [0.2, 0.25) is 10.0 Å². The Kier molecular flexibility index (Phi) is 8.20. The largest absolute Gasteiger partial charge is 0.369 e. The number of hydrogen-bond donors (Lipinski definition) is 2. The number of rotatable bonds is 7. The Balaban J connectivity index is 1.55. The topological polar surface area (TPSA) is 42.4 Å². The molecule has 1 atom stereocenters. The van der Waals surface area contributed by atoms with Gasteiger partial charge in [-0.15, -0.1) is 0 Å². The van der Waals surface area contributed by atoms with E-state index < -0.39 is 0 Å². The van der Waals surface area contributed by atoms with Crippen molar-refractivity contribution in [2.75, 3.05) is 42.9 Å². The van der Waals surface area contributed by atoms with E-state index in [1.807, 2.05) is 30.3 Å². The van der Waals surface area contributed by atoms with Gasteiger partial charge in [0, 0.05) is 54.1 Å². The summed E-state index contributed by atoms with van der Waals surface area (Å²) in [5.74, 6) is 1.04. The zero-order valence-electron chi connectivity index (χ0n) is 17.7. The molecule has 1 aliphatic heterocycles. The highest BCUT2D eigenvalue weighted by Crippen LogP contribution is 2.26. The van der Waals surface area contributed by atoms with E-state index in [4.69, 9.17) is 28.6 Å². The molecule has 0 aliphatic carbocycles. The Labute approximate surface area is 190 Å². The zero-order valence-corrected chi connectivity index (χ0v) is 19.2. The molecule has 0 spiro atoms. The van der Waals surface area contributed by atoms with Crippen LogP contribution in [0.15, 0.2) is 48.5 Å². The minimum absolute atomic E-state index is 0.287. The SMILES string of the molecule is CCC(C)CN1CCN(c2ccc(/C=C/C(=N)Nc3ccc(Cl)cc3)c(Cl)c2)CC1. The van der Waals surface area contributed by atoms with Gasteiger partial charge in [0.15, 0.2) is 0 Å². The Morgan fingerprint density at radius 1 is 1.10 bits per heavy atom. The quantitative estimate of drug-likeness (QED) is 0.390. The van der Waals surface area contributed by atoms with E-state index in [2.05, 4.69) is 35.0 Å². The predicted octanol–water partition coefficient (Wildman–Crippen LogP) is 6.26. The molecular weight excluding hydrogens is 415 g/mol. The fourth-order valence-electron chi connectivity index (χ4n) is 3.51. The summed E-state index contributed by atoms with van der Waals surface area (Å²) in [7, 11) is 0. The van der Waals surface area contributed by atoms with Gasteiger partial charge in [0.1, 0.15) is 5.84 Å². The van der Waals surface area contributed by atoms with Gasteiger partial charge in [-0.1, -0.05) is 49.5 Å². The molecule has 1 fully saturated rings. The maximum atomic E-state index is 8.10. The number of hydrogen-bond acceptors (Lipinski definition) is 3. The van der Waals surface area contributed by atoms with Crippen LogP contribution in [0.3, 0.4) is 0 Å². The van der Waals surface area contributed by atoms with Gasteiger partial charge in [-0.05, 0) is 60.0 Å². The molecule has 1 saturated heterocycles. The summed E-state index contributed by atoms with van der Waals surface area (Å²) in [4.78, 5) is 4.96. The first-order valence-corrected chi connectivity index (χ1v) is 11.3. The van der Waals surface area contributed by atoms with Crippen molar-refractivity contribution >= 4 is 46.5 Å². The maximum absolute atomic E-state index is 8.10. The third kappa shape index (κ3) is 6.49. The number of nitrogens with one attached hydrogen (secondary N) is 2. The van der Waals surface area contributed by atoms with Crippen LogP contribution in [0.25, 0.3) is 6.08 Å². The van der Waals surface area contributed by atoms with Crippen molar-refractivity contribution < 1.29 is 0 Å². The molecule has 0 amide bonds. The summed E-state index contributed by atoms with van der Waals surface area (Å²) in [5.41, 5.74) is 2.89. The van der Waals surface area contributed by atoms with Crippen LogP contribution in [0, 0.1) is 11.3 Å². The van der Waals surface area contributed by atoms with Gasteiger partial charge in [0.25, 0.3) is 0 Å². The van der Waals surface area contributed by atoms with Crippen LogP contribution >= 0.6 is 23.2 Å². The molecule has 2 N–H and O–H groups in total. The molecule has 1 aliphatic rings. The van der Waals surface area contributed by atoms with E-state index >= 15 is 0 Å². The molecule has 30 heavy (non-hydrogen) atoms. The number of nitrogens with zero attached hydrogens (tertiary/aromatic N) is 2. The average molecular weight is 445 g/mol. The standard InChI is InChI=1S/C24H30Cl2N4/c1-3-18(2)17-29-12-14-30(15-13-29)22-10-4-19(23(26)16-22)5-11-24(27)28-21-8-6-20(25)7-9-21/h4-11,16,18H,3,12-15,17H2,1-2H3,(H2,27,28)/b11-5+. The van der Waals surface area contributed by atoms with Gasteiger partial charge in [0.2, 0.25) is 0 Å². The summed E-state index contributed by atoms with van der Waals surface area (Å²) in [6.45, 7) is 10.0. The van der Waals surface area contributed by atoms with Gasteiger partial charge in [-0.25, -0.2) is 0 Å². The lowest BCUT2D eigenvalue weighted by atomic mass is 10.1. The number of piperazine rings is 1. The van der Waals surface area contributed by atoms with Crippen molar-refractivity contribution in [3.8, 4) is 0 Å². The molecule has 1 heterocycles. The van der Waals surface area contributed by atoms with E-state index in [1.165, 1.54) is 13.0 Å². The molecular formula is C24H30Cl2N4. The van der Waals surface area contributed by atoms with Crippen LogP contribution < -0.4 is 10.2 Å². The average Bonchev–Trinajstić information content (AvgIpc) is 2.75. The molecule has 2 aromatic carbocycles. The molecule has 0 radical (unpaired) electrons. The zero-order chi connectivity index (χ0) is 21.5. The minimum Gasteiger partial charge on any atom is -0.369 e. The lowest BCUT2D eigenvalue weighted by Gasteiger charge is -2.37. The van der Waals surface area contributed by atoms with Gasteiger partial charge < -0.3 is 10.2 Å². The summed E-state index contributed by atoms with van der Waals surface area (Å²) >= 11 is 12.4. The van der Waals surface area contributed by atoms with Crippen molar-refractivity contribution in [3.05, 3.63) is 64.1 Å². The second-order valence-electron chi connectivity index (χ2n) is 7.89. The minimum atomic E-state index is 0.287. The molecule has 0 saturated carbocycles. The molecule has 2 aromatic rings.